The fourth-order valence-electron chi connectivity index (χ4n) is 3.76. The van der Waals surface area contributed by atoms with Crippen LogP contribution in [0.15, 0.2) is 55.1 Å². The van der Waals surface area contributed by atoms with Crippen molar-refractivity contribution in [1.29, 1.82) is 0 Å². The minimum absolute atomic E-state index is 0.00728. The molecule has 1 aliphatic rings. The number of carbonyl (C=O) groups is 1. The van der Waals surface area contributed by atoms with Gasteiger partial charge in [0.05, 0.1) is 31.4 Å². The van der Waals surface area contributed by atoms with Crippen molar-refractivity contribution in [2.75, 3.05) is 6.61 Å². The second-order valence-corrected chi connectivity index (χ2v) is 7.63. The van der Waals surface area contributed by atoms with Gasteiger partial charge in [0.15, 0.2) is 0 Å². The molecule has 31 heavy (non-hydrogen) atoms. The van der Waals surface area contributed by atoms with Gasteiger partial charge in [-0.2, -0.15) is 0 Å². The zero-order valence-electron chi connectivity index (χ0n) is 17.2. The summed E-state index contributed by atoms with van der Waals surface area (Å²) in [6.07, 6.45) is 9.13. The quantitative estimate of drug-likeness (QED) is 0.564. The Morgan fingerprint density at radius 3 is 2.94 bits per heavy atom. The average molecular weight is 422 g/mol. The van der Waals surface area contributed by atoms with E-state index in [1.807, 2.05) is 36.5 Å². The number of pyridine rings is 2. The molecular formula is C22H26N6O3. The van der Waals surface area contributed by atoms with E-state index in [1.165, 1.54) is 0 Å². The molecular weight excluding hydrogens is 396 g/mol. The number of nitrogens with zero attached hydrogens (tertiary/aromatic N) is 5. The zero-order chi connectivity index (χ0) is 21.5. The first-order valence-corrected chi connectivity index (χ1v) is 10.5. The molecule has 0 aromatic carbocycles. The van der Waals surface area contributed by atoms with Crippen LogP contribution in [0.3, 0.4) is 0 Å². The highest BCUT2D eigenvalue weighted by molar-refractivity contribution is 5.78. The van der Waals surface area contributed by atoms with Crippen LogP contribution >= 0.6 is 0 Å². The third kappa shape index (κ3) is 5.71. The van der Waals surface area contributed by atoms with E-state index < -0.39 is 6.10 Å². The second-order valence-electron chi connectivity index (χ2n) is 7.63. The van der Waals surface area contributed by atoms with E-state index in [-0.39, 0.29) is 31.1 Å². The van der Waals surface area contributed by atoms with Crippen LogP contribution in [-0.2, 0) is 22.5 Å². The summed E-state index contributed by atoms with van der Waals surface area (Å²) in [4.78, 5) is 20.6. The van der Waals surface area contributed by atoms with Crippen LogP contribution in [0.4, 0.5) is 0 Å². The Labute approximate surface area is 180 Å². The van der Waals surface area contributed by atoms with Crippen LogP contribution in [0.25, 0.3) is 11.3 Å². The van der Waals surface area contributed by atoms with E-state index in [4.69, 9.17) is 4.74 Å². The SMILES string of the molecule is O=C(Cc1ccccn1)N[C@@H]1CC[C@H](CCn2cc(-c3cccnc3)nn2)O[C@@H]1CO. The van der Waals surface area contributed by atoms with E-state index in [0.717, 1.165) is 30.5 Å². The van der Waals surface area contributed by atoms with Crippen molar-refractivity contribution in [3.63, 3.8) is 0 Å². The number of ether oxygens (including phenoxy) is 1. The van der Waals surface area contributed by atoms with Gasteiger partial charge in [0, 0.05) is 36.4 Å². The van der Waals surface area contributed by atoms with E-state index in [0.29, 0.717) is 12.2 Å². The lowest BCUT2D eigenvalue weighted by molar-refractivity contribution is -0.128. The highest BCUT2D eigenvalue weighted by Crippen LogP contribution is 2.23. The predicted octanol–water partition coefficient (Wildman–Crippen LogP) is 1.39. The standard InChI is InChI=1S/C22H26N6O3/c29-15-21-19(25-22(30)12-17-5-1-2-10-24-17)7-6-18(31-21)8-11-28-14-20(26-27-28)16-4-3-9-23-13-16/h1-5,9-10,13-14,18-19,21,29H,6-8,11-12,15H2,(H,25,30)/t18-,19-,21-/m1/s1. The minimum atomic E-state index is -0.423. The Balaban J connectivity index is 1.26. The van der Waals surface area contributed by atoms with Gasteiger partial charge in [-0.15, -0.1) is 5.10 Å². The molecule has 4 rings (SSSR count). The molecule has 1 fully saturated rings. The number of hydrogen-bond acceptors (Lipinski definition) is 7. The van der Waals surface area contributed by atoms with Crippen molar-refractivity contribution in [3.8, 4) is 11.3 Å². The number of amides is 1. The van der Waals surface area contributed by atoms with Crippen LogP contribution in [0.5, 0.6) is 0 Å². The van der Waals surface area contributed by atoms with E-state index in [1.54, 1.807) is 23.3 Å². The normalized spacial score (nSPS) is 21.0. The summed E-state index contributed by atoms with van der Waals surface area (Å²) in [6.45, 7) is 0.520. The van der Waals surface area contributed by atoms with Gasteiger partial charge >= 0.3 is 0 Å². The van der Waals surface area contributed by atoms with Crippen molar-refractivity contribution in [1.82, 2.24) is 30.3 Å². The summed E-state index contributed by atoms with van der Waals surface area (Å²) in [7, 11) is 0. The van der Waals surface area contributed by atoms with Crippen molar-refractivity contribution < 1.29 is 14.6 Å². The average Bonchev–Trinajstić information content (AvgIpc) is 3.29. The Kier molecular flexibility index (Phi) is 6.96. The first-order chi connectivity index (χ1) is 15.2. The summed E-state index contributed by atoms with van der Waals surface area (Å²) in [5, 5.41) is 21.1. The van der Waals surface area contributed by atoms with Crippen molar-refractivity contribution in [2.24, 2.45) is 0 Å². The lowest BCUT2D eigenvalue weighted by atomic mass is 9.97. The topological polar surface area (TPSA) is 115 Å². The van der Waals surface area contributed by atoms with Gasteiger partial charge in [0.25, 0.3) is 0 Å². The van der Waals surface area contributed by atoms with Crippen molar-refractivity contribution >= 4 is 5.91 Å². The summed E-state index contributed by atoms with van der Waals surface area (Å²) in [5.74, 6) is -0.116. The highest BCUT2D eigenvalue weighted by Gasteiger charge is 2.31. The maximum Gasteiger partial charge on any atom is 0.226 e. The molecule has 2 N–H and O–H groups in total. The zero-order valence-corrected chi connectivity index (χ0v) is 17.2. The Morgan fingerprint density at radius 2 is 2.16 bits per heavy atom. The number of rotatable bonds is 8. The molecule has 3 atom stereocenters. The number of aryl methyl sites for hydroxylation is 1. The molecule has 0 spiro atoms. The molecule has 0 saturated carbocycles. The fraction of sp³-hybridized carbons (Fsp3) is 0.409. The monoisotopic (exact) mass is 422 g/mol. The molecule has 9 nitrogen and oxygen atoms in total. The van der Waals surface area contributed by atoms with Gasteiger partial charge in [-0.1, -0.05) is 11.3 Å². The Morgan fingerprint density at radius 1 is 1.23 bits per heavy atom. The molecule has 9 heteroatoms. The third-order valence-electron chi connectivity index (χ3n) is 5.39. The molecule has 0 bridgehead atoms. The van der Waals surface area contributed by atoms with Crippen LogP contribution in [0.2, 0.25) is 0 Å². The maximum atomic E-state index is 12.3. The fourth-order valence-corrected chi connectivity index (χ4v) is 3.76. The predicted molar refractivity (Wildman–Crippen MR) is 113 cm³/mol. The second kappa shape index (κ2) is 10.2. The van der Waals surface area contributed by atoms with Gasteiger partial charge in [0.1, 0.15) is 11.8 Å². The van der Waals surface area contributed by atoms with E-state index in [9.17, 15) is 9.90 Å². The minimum Gasteiger partial charge on any atom is -0.394 e. The summed E-state index contributed by atoms with van der Waals surface area (Å²) < 4.78 is 7.85. The smallest absolute Gasteiger partial charge is 0.226 e. The van der Waals surface area contributed by atoms with E-state index in [2.05, 4.69) is 25.6 Å². The molecule has 1 aliphatic heterocycles. The van der Waals surface area contributed by atoms with Crippen molar-refractivity contribution in [2.45, 2.75) is 50.5 Å². The molecule has 3 aromatic rings. The summed E-state index contributed by atoms with van der Waals surface area (Å²) >= 11 is 0. The van der Waals surface area contributed by atoms with Gasteiger partial charge in [-0.3, -0.25) is 19.4 Å². The molecule has 1 saturated heterocycles. The molecule has 162 valence electrons. The van der Waals surface area contributed by atoms with E-state index >= 15 is 0 Å². The maximum absolute atomic E-state index is 12.3. The first kappa shape index (κ1) is 21.1. The van der Waals surface area contributed by atoms with Crippen molar-refractivity contribution in [3.05, 3.63) is 60.8 Å². The lowest BCUT2D eigenvalue weighted by Gasteiger charge is -2.36. The molecule has 3 aromatic heterocycles. The molecule has 0 unspecified atom stereocenters. The molecule has 1 amide bonds. The van der Waals surface area contributed by atoms with Gasteiger partial charge in [-0.05, 0) is 43.5 Å². The number of aliphatic hydroxyl groups excluding tert-OH is 1. The summed E-state index contributed by atoms with van der Waals surface area (Å²) in [5.41, 5.74) is 2.42. The third-order valence-corrected chi connectivity index (χ3v) is 5.39. The molecule has 4 heterocycles. The van der Waals surface area contributed by atoms with Crippen LogP contribution in [0, 0.1) is 0 Å². The molecule has 0 aliphatic carbocycles. The number of hydrogen-bond donors (Lipinski definition) is 2. The van der Waals surface area contributed by atoms with Gasteiger partial charge < -0.3 is 15.2 Å². The number of nitrogens with one attached hydrogen (secondary N) is 1. The largest absolute Gasteiger partial charge is 0.394 e. The summed E-state index contributed by atoms with van der Waals surface area (Å²) in [6, 6.07) is 9.10. The Hall–Kier alpha value is -3.17. The van der Waals surface area contributed by atoms with Gasteiger partial charge in [0.2, 0.25) is 5.91 Å². The highest BCUT2D eigenvalue weighted by atomic mass is 16.5. The van der Waals surface area contributed by atoms with Crippen LogP contribution in [-0.4, -0.2) is 60.8 Å². The Bertz CT molecular complexity index is 966. The first-order valence-electron chi connectivity index (χ1n) is 10.5. The molecule has 0 radical (unpaired) electrons. The number of aliphatic hydroxyl groups is 1. The van der Waals surface area contributed by atoms with Crippen LogP contribution in [0.1, 0.15) is 25.0 Å². The van der Waals surface area contributed by atoms with Gasteiger partial charge in [-0.25, -0.2) is 0 Å². The number of carbonyl (C=O) groups excluding carboxylic acids is 1. The lowest BCUT2D eigenvalue weighted by Crippen LogP contribution is -2.51. The number of aromatic nitrogens is 5. The van der Waals surface area contributed by atoms with Crippen LogP contribution < -0.4 is 5.32 Å².